The minimum atomic E-state index is -0.918. The molecule has 0 spiro atoms. The second kappa shape index (κ2) is 11.2. The molecular formula is C37H24F2N8O2. The summed E-state index contributed by atoms with van der Waals surface area (Å²) in [5.41, 5.74) is 9.68. The number of hydrogen-bond acceptors (Lipinski definition) is 6. The number of nitrogens with zero attached hydrogens (tertiary/aromatic N) is 7. The van der Waals surface area contributed by atoms with Crippen LogP contribution in [0.5, 0.6) is 0 Å². The molecule has 0 bridgehead atoms. The number of aromatic amines is 1. The van der Waals surface area contributed by atoms with E-state index in [1.165, 1.54) is 17.9 Å². The van der Waals surface area contributed by atoms with Crippen molar-refractivity contribution in [2.45, 2.75) is 6.92 Å². The Morgan fingerprint density at radius 1 is 0.694 bits per heavy atom. The van der Waals surface area contributed by atoms with Crippen LogP contribution in [0.1, 0.15) is 5.56 Å². The van der Waals surface area contributed by atoms with Gasteiger partial charge < -0.3 is 13.2 Å². The molecule has 0 aliphatic rings. The van der Waals surface area contributed by atoms with E-state index < -0.39 is 11.6 Å². The van der Waals surface area contributed by atoms with Crippen molar-refractivity contribution in [1.82, 2.24) is 38.4 Å². The molecule has 0 unspecified atom stereocenters. The van der Waals surface area contributed by atoms with Crippen molar-refractivity contribution in [1.29, 1.82) is 0 Å². The number of pyridine rings is 1. The summed E-state index contributed by atoms with van der Waals surface area (Å²) in [4.78, 5) is 13.4. The maximum absolute atomic E-state index is 13.7. The highest BCUT2D eigenvalue weighted by Crippen LogP contribution is 2.36. The van der Waals surface area contributed by atoms with Gasteiger partial charge in [0, 0.05) is 58.6 Å². The largest absolute Gasteiger partial charge is 0.432 e. The van der Waals surface area contributed by atoms with Crippen molar-refractivity contribution in [3.05, 3.63) is 140 Å². The van der Waals surface area contributed by atoms with E-state index in [1.54, 1.807) is 23.1 Å². The van der Waals surface area contributed by atoms with E-state index in [0.717, 1.165) is 62.5 Å². The zero-order chi connectivity index (χ0) is 33.1. The van der Waals surface area contributed by atoms with E-state index in [-0.39, 0.29) is 0 Å². The maximum Gasteiger partial charge on any atom is 0.306 e. The molecule has 0 fully saturated rings. The molecule has 7 heterocycles. The van der Waals surface area contributed by atoms with Gasteiger partial charge in [0.15, 0.2) is 11.6 Å². The summed E-state index contributed by atoms with van der Waals surface area (Å²) in [5.74, 6) is -0.847. The minimum absolute atomic E-state index is 0.375. The second-order valence-corrected chi connectivity index (χ2v) is 11.5. The molecule has 10 nitrogen and oxygen atoms in total. The Labute approximate surface area is 275 Å². The molecule has 12 heteroatoms. The number of imidazole rings is 3. The van der Waals surface area contributed by atoms with Gasteiger partial charge in [-0.3, -0.25) is 13.9 Å². The molecule has 0 atom stereocenters. The minimum Gasteiger partial charge on any atom is -0.432 e. The number of nitrogens with one attached hydrogen (secondary N) is 1. The van der Waals surface area contributed by atoms with Gasteiger partial charge in [0.1, 0.15) is 29.6 Å². The molecule has 1 N–H and O–H groups in total. The third kappa shape index (κ3) is 4.85. The first kappa shape index (κ1) is 28.4. The molecule has 7 aromatic heterocycles. The number of benzene rings is 3. The summed E-state index contributed by atoms with van der Waals surface area (Å²) in [6.07, 6.45) is 14.1. The molecule has 0 radical (unpaired) electrons. The van der Waals surface area contributed by atoms with Crippen molar-refractivity contribution >= 4 is 28.2 Å². The molecule has 3 aromatic carbocycles. The lowest BCUT2D eigenvalue weighted by Crippen LogP contribution is -1.92. The predicted molar refractivity (Wildman–Crippen MR) is 180 cm³/mol. The Hall–Kier alpha value is -6.82. The second-order valence-electron chi connectivity index (χ2n) is 11.5. The van der Waals surface area contributed by atoms with Gasteiger partial charge in [-0.25, -0.2) is 13.8 Å². The number of aryl methyl sites for hydroxylation is 1. The molecule has 0 saturated heterocycles. The van der Waals surface area contributed by atoms with E-state index >= 15 is 0 Å². The summed E-state index contributed by atoms with van der Waals surface area (Å²) in [6.45, 7) is 2.08. The van der Waals surface area contributed by atoms with Crippen LogP contribution in [-0.4, -0.2) is 38.4 Å². The lowest BCUT2D eigenvalue weighted by molar-refractivity contribution is 0.509. The van der Waals surface area contributed by atoms with Crippen LogP contribution in [0.15, 0.2) is 131 Å². The van der Waals surface area contributed by atoms with Crippen molar-refractivity contribution in [3.8, 4) is 45.0 Å². The van der Waals surface area contributed by atoms with Crippen LogP contribution in [0.4, 0.5) is 8.78 Å². The predicted octanol–water partition coefficient (Wildman–Crippen LogP) is 8.63. The van der Waals surface area contributed by atoms with E-state index in [1.807, 2.05) is 51.8 Å². The van der Waals surface area contributed by atoms with Gasteiger partial charge in [0.05, 0.1) is 23.1 Å². The summed E-state index contributed by atoms with van der Waals surface area (Å²) in [6, 6.07) is 22.1. The van der Waals surface area contributed by atoms with Crippen molar-refractivity contribution < 1.29 is 17.6 Å². The summed E-state index contributed by atoms with van der Waals surface area (Å²) in [7, 11) is 0. The Morgan fingerprint density at radius 3 is 2.16 bits per heavy atom. The molecule has 10 rings (SSSR count). The van der Waals surface area contributed by atoms with Crippen molar-refractivity contribution in [2.75, 3.05) is 0 Å². The highest BCUT2D eigenvalue weighted by Gasteiger charge is 2.20. The number of halogens is 2. The van der Waals surface area contributed by atoms with E-state index in [2.05, 4.69) is 63.5 Å². The first-order valence-corrected chi connectivity index (χ1v) is 15.3. The molecule has 10 aromatic rings. The van der Waals surface area contributed by atoms with Gasteiger partial charge in [-0.05, 0) is 55.5 Å². The first-order chi connectivity index (χ1) is 24.0. The first-order valence-electron chi connectivity index (χ1n) is 15.3. The molecule has 0 aliphatic carbocycles. The SMILES string of the molecule is Cc1cccc(-c2nc3occn3c2-c2ccc3[nH]ncc3c2)c1.Fc1ccc(-c2nc3occn3c2-c2ccc3nccn3c2)cc1F. The number of oxazole rings is 2. The normalized spacial score (nSPS) is 11.6. The van der Waals surface area contributed by atoms with Gasteiger partial charge in [-0.15, -0.1) is 0 Å². The summed E-state index contributed by atoms with van der Waals surface area (Å²) in [5, 5.41) is 8.16. The quantitative estimate of drug-likeness (QED) is 0.204. The number of H-pyrrole nitrogens is 1. The fourth-order valence-corrected chi connectivity index (χ4v) is 6.11. The van der Waals surface area contributed by atoms with Crippen LogP contribution in [0, 0.1) is 18.6 Å². The van der Waals surface area contributed by atoms with Crippen LogP contribution >= 0.6 is 0 Å². The van der Waals surface area contributed by atoms with E-state index in [0.29, 0.717) is 22.9 Å². The van der Waals surface area contributed by atoms with Gasteiger partial charge >= 0.3 is 11.7 Å². The number of fused-ring (bicyclic) bond motifs is 4. The van der Waals surface area contributed by atoms with Crippen molar-refractivity contribution in [2.24, 2.45) is 0 Å². The molecule has 238 valence electrons. The average molecular weight is 651 g/mol. The van der Waals surface area contributed by atoms with Crippen LogP contribution in [0.3, 0.4) is 0 Å². The molecule has 0 saturated carbocycles. The topological polar surface area (TPSA) is 107 Å². The van der Waals surface area contributed by atoms with Gasteiger partial charge in [0.25, 0.3) is 0 Å². The van der Waals surface area contributed by atoms with Gasteiger partial charge in [0.2, 0.25) is 0 Å². The Balaban J connectivity index is 0.000000133. The smallest absolute Gasteiger partial charge is 0.306 e. The third-order valence-corrected chi connectivity index (χ3v) is 8.38. The zero-order valence-corrected chi connectivity index (χ0v) is 25.7. The Morgan fingerprint density at radius 2 is 1.41 bits per heavy atom. The Bertz CT molecular complexity index is 2800. The average Bonchev–Trinajstić information content (AvgIpc) is 3.95. The summed E-state index contributed by atoms with van der Waals surface area (Å²) < 4.78 is 43.5. The lowest BCUT2D eigenvalue weighted by atomic mass is 10.0. The van der Waals surface area contributed by atoms with E-state index in [4.69, 9.17) is 13.8 Å². The number of hydrogen-bond donors (Lipinski definition) is 1. The molecule has 49 heavy (non-hydrogen) atoms. The zero-order valence-electron chi connectivity index (χ0n) is 25.7. The fourth-order valence-electron chi connectivity index (χ4n) is 6.11. The number of rotatable bonds is 4. The molecule has 0 aliphatic heterocycles. The van der Waals surface area contributed by atoms with Crippen LogP contribution in [0.25, 0.3) is 73.3 Å². The van der Waals surface area contributed by atoms with Gasteiger partial charge in [-0.1, -0.05) is 29.8 Å². The molecular weight excluding hydrogens is 626 g/mol. The molecule has 0 amide bonds. The maximum atomic E-state index is 13.7. The van der Waals surface area contributed by atoms with Crippen molar-refractivity contribution in [3.63, 3.8) is 0 Å². The monoisotopic (exact) mass is 650 g/mol. The van der Waals surface area contributed by atoms with Crippen LogP contribution in [0.2, 0.25) is 0 Å². The third-order valence-electron chi connectivity index (χ3n) is 8.38. The summed E-state index contributed by atoms with van der Waals surface area (Å²) >= 11 is 0. The van der Waals surface area contributed by atoms with Gasteiger partial charge in [-0.2, -0.15) is 15.1 Å². The highest BCUT2D eigenvalue weighted by atomic mass is 19.2. The number of aromatic nitrogens is 8. The highest BCUT2D eigenvalue weighted by molar-refractivity contribution is 5.88. The van der Waals surface area contributed by atoms with Crippen LogP contribution in [-0.2, 0) is 0 Å². The fraction of sp³-hybridized carbons (Fsp3) is 0.0270. The van der Waals surface area contributed by atoms with E-state index in [9.17, 15) is 8.78 Å². The Kier molecular flexibility index (Phi) is 6.47. The lowest BCUT2D eigenvalue weighted by Gasteiger charge is -2.06. The standard InChI is InChI=1S/C19H14N4O.C18H10F2N4O/c1-12-3-2-4-13(9-12)17-18(23-7-8-24-19(23)21-17)14-5-6-16-15(10-14)11-20-22-16;19-13-3-1-11(9-14(13)20)16-17(24-7-8-25-18(24)22-16)12-2-4-15-21-5-6-23(15)10-12/h2-11H,1H3,(H,20,22);1-10H. The van der Waals surface area contributed by atoms with Crippen LogP contribution < -0.4 is 0 Å².